The number of nitrogens with zero attached hydrogens (tertiary/aromatic N) is 2. The summed E-state index contributed by atoms with van der Waals surface area (Å²) in [6.07, 6.45) is 0.851. The van der Waals surface area contributed by atoms with E-state index in [-0.39, 0.29) is 12.1 Å². The molecule has 0 bridgehead atoms. The first kappa shape index (κ1) is 11.8. The summed E-state index contributed by atoms with van der Waals surface area (Å²) in [4.78, 5) is 25.9. The Balaban J connectivity index is 2.82. The maximum absolute atomic E-state index is 11.8. The predicted molar refractivity (Wildman–Crippen MR) is 55.7 cm³/mol. The molecule has 2 amide bonds. The summed E-state index contributed by atoms with van der Waals surface area (Å²) in [6.45, 7) is 6.58. The molecule has 0 spiro atoms. The van der Waals surface area contributed by atoms with E-state index >= 15 is 0 Å². The summed E-state index contributed by atoms with van der Waals surface area (Å²) >= 11 is 0. The Labute approximate surface area is 89.7 Å². The van der Waals surface area contributed by atoms with Crippen LogP contribution in [-0.2, 0) is 4.79 Å². The van der Waals surface area contributed by atoms with Crippen molar-refractivity contribution < 1.29 is 14.7 Å². The number of carboxylic acid groups (broad SMARTS) is 1. The standard InChI is InChI=1S/C10H18N2O3/c1-4-5-11-6-8(9(13)14)12(7(2)3)10(11)15/h7-8H,4-6H2,1-3H3,(H,13,14)/t8-/m0/s1. The van der Waals surface area contributed by atoms with Crippen molar-refractivity contribution in [2.75, 3.05) is 13.1 Å². The number of aliphatic carboxylic acids is 1. The molecule has 1 N–H and O–H groups in total. The van der Waals surface area contributed by atoms with Gasteiger partial charge in [-0.3, -0.25) is 0 Å². The molecule has 1 heterocycles. The Morgan fingerprint density at radius 2 is 2.20 bits per heavy atom. The van der Waals surface area contributed by atoms with Crippen molar-refractivity contribution in [3.8, 4) is 0 Å². The Hall–Kier alpha value is -1.26. The molecule has 1 atom stereocenters. The van der Waals surface area contributed by atoms with Crippen molar-refractivity contribution in [2.45, 2.75) is 39.3 Å². The fourth-order valence-electron chi connectivity index (χ4n) is 1.91. The lowest BCUT2D eigenvalue weighted by molar-refractivity contribution is -0.141. The predicted octanol–water partition coefficient (Wildman–Crippen LogP) is 0.996. The second-order valence-electron chi connectivity index (χ2n) is 4.08. The van der Waals surface area contributed by atoms with Crippen LogP contribution >= 0.6 is 0 Å². The smallest absolute Gasteiger partial charge is 0.328 e. The van der Waals surface area contributed by atoms with Gasteiger partial charge < -0.3 is 14.9 Å². The van der Waals surface area contributed by atoms with E-state index in [4.69, 9.17) is 5.11 Å². The van der Waals surface area contributed by atoms with Gasteiger partial charge in [-0.15, -0.1) is 0 Å². The van der Waals surface area contributed by atoms with Gasteiger partial charge in [0.05, 0.1) is 6.54 Å². The van der Waals surface area contributed by atoms with Crippen LogP contribution in [0.4, 0.5) is 4.79 Å². The quantitative estimate of drug-likeness (QED) is 0.759. The van der Waals surface area contributed by atoms with E-state index in [0.29, 0.717) is 13.1 Å². The highest BCUT2D eigenvalue weighted by Crippen LogP contribution is 2.19. The first-order valence-corrected chi connectivity index (χ1v) is 5.29. The van der Waals surface area contributed by atoms with Crippen molar-refractivity contribution in [1.29, 1.82) is 0 Å². The lowest BCUT2D eigenvalue weighted by Crippen LogP contribution is -2.44. The monoisotopic (exact) mass is 214 g/mol. The van der Waals surface area contributed by atoms with Crippen molar-refractivity contribution in [2.24, 2.45) is 0 Å². The molecule has 0 unspecified atom stereocenters. The summed E-state index contributed by atoms with van der Waals surface area (Å²) in [6, 6.07) is -0.913. The molecule has 86 valence electrons. The second kappa shape index (κ2) is 4.51. The van der Waals surface area contributed by atoms with Gasteiger partial charge in [-0.1, -0.05) is 6.92 Å². The van der Waals surface area contributed by atoms with E-state index in [1.165, 1.54) is 4.90 Å². The molecule has 5 nitrogen and oxygen atoms in total. The molecule has 0 aliphatic carbocycles. The van der Waals surface area contributed by atoms with Crippen LogP contribution in [0.5, 0.6) is 0 Å². The van der Waals surface area contributed by atoms with Crippen LogP contribution in [0, 0.1) is 0 Å². The Bertz CT molecular complexity index is 265. The zero-order valence-corrected chi connectivity index (χ0v) is 9.43. The minimum Gasteiger partial charge on any atom is -0.480 e. The molecule has 0 radical (unpaired) electrons. The number of hydrogen-bond donors (Lipinski definition) is 1. The van der Waals surface area contributed by atoms with E-state index in [1.807, 2.05) is 20.8 Å². The summed E-state index contributed by atoms with van der Waals surface area (Å²) in [7, 11) is 0. The Kier molecular flexibility index (Phi) is 3.55. The Morgan fingerprint density at radius 1 is 1.60 bits per heavy atom. The van der Waals surface area contributed by atoms with Crippen LogP contribution in [0.3, 0.4) is 0 Å². The van der Waals surface area contributed by atoms with Crippen LogP contribution in [0.1, 0.15) is 27.2 Å². The van der Waals surface area contributed by atoms with E-state index < -0.39 is 12.0 Å². The second-order valence-corrected chi connectivity index (χ2v) is 4.08. The lowest BCUT2D eigenvalue weighted by atomic mass is 10.2. The van der Waals surface area contributed by atoms with Gasteiger partial charge in [0.25, 0.3) is 0 Å². The molecule has 1 fully saturated rings. The average molecular weight is 214 g/mol. The number of carbonyl (C=O) groups is 2. The van der Waals surface area contributed by atoms with Crippen molar-refractivity contribution in [3.63, 3.8) is 0 Å². The molecule has 0 aromatic heterocycles. The van der Waals surface area contributed by atoms with Gasteiger partial charge in [0.2, 0.25) is 0 Å². The van der Waals surface area contributed by atoms with Gasteiger partial charge in [0.1, 0.15) is 6.04 Å². The summed E-state index contributed by atoms with van der Waals surface area (Å²) in [5.74, 6) is -0.921. The van der Waals surface area contributed by atoms with Crippen molar-refractivity contribution in [3.05, 3.63) is 0 Å². The Morgan fingerprint density at radius 3 is 2.53 bits per heavy atom. The number of carboxylic acids is 1. The molecule has 1 saturated heterocycles. The molecule has 1 aliphatic heterocycles. The lowest BCUT2D eigenvalue weighted by Gasteiger charge is -2.24. The fraction of sp³-hybridized carbons (Fsp3) is 0.800. The van der Waals surface area contributed by atoms with Crippen LogP contribution in [0.25, 0.3) is 0 Å². The third-order valence-corrected chi connectivity index (χ3v) is 2.56. The van der Waals surface area contributed by atoms with E-state index in [2.05, 4.69) is 0 Å². The summed E-state index contributed by atoms with van der Waals surface area (Å²) in [5, 5.41) is 9.02. The third kappa shape index (κ3) is 2.22. The molecule has 0 saturated carbocycles. The molecular weight excluding hydrogens is 196 g/mol. The van der Waals surface area contributed by atoms with Crippen molar-refractivity contribution in [1.82, 2.24) is 9.80 Å². The van der Waals surface area contributed by atoms with Gasteiger partial charge in [-0.2, -0.15) is 0 Å². The highest BCUT2D eigenvalue weighted by molar-refractivity contribution is 5.86. The molecule has 1 rings (SSSR count). The minimum atomic E-state index is -0.921. The summed E-state index contributed by atoms with van der Waals surface area (Å²) < 4.78 is 0. The highest BCUT2D eigenvalue weighted by atomic mass is 16.4. The molecule has 0 aromatic carbocycles. The number of hydrogen-bond acceptors (Lipinski definition) is 2. The highest BCUT2D eigenvalue weighted by Gasteiger charge is 2.42. The van der Waals surface area contributed by atoms with Crippen LogP contribution < -0.4 is 0 Å². The molecule has 15 heavy (non-hydrogen) atoms. The van der Waals surface area contributed by atoms with Gasteiger partial charge in [-0.25, -0.2) is 9.59 Å². The minimum absolute atomic E-state index is 0.0690. The number of carbonyl (C=O) groups excluding carboxylic acids is 1. The topological polar surface area (TPSA) is 60.9 Å². The average Bonchev–Trinajstić information content (AvgIpc) is 2.44. The summed E-state index contributed by atoms with van der Waals surface area (Å²) in [5.41, 5.74) is 0. The van der Waals surface area contributed by atoms with Crippen LogP contribution in [-0.4, -0.2) is 52.1 Å². The van der Waals surface area contributed by atoms with Crippen LogP contribution in [0.15, 0.2) is 0 Å². The first-order chi connectivity index (χ1) is 6.99. The number of rotatable bonds is 4. The zero-order chi connectivity index (χ0) is 11.6. The zero-order valence-electron chi connectivity index (χ0n) is 9.43. The van der Waals surface area contributed by atoms with Gasteiger partial charge in [-0.05, 0) is 20.3 Å². The SMILES string of the molecule is CCCN1C[C@@H](C(=O)O)N(C(C)C)C1=O. The number of amides is 2. The molecular formula is C10H18N2O3. The van der Waals surface area contributed by atoms with Crippen LogP contribution in [0.2, 0.25) is 0 Å². The van der Waals surface area contributed by atoms with E-state index in [1.54, 1.807) is 4.90 Å². The largest absolute Gasteiger partial charge is 0.480 e. The molecule has 5 heteroatoms. The van der Waals surface area contributed by atoms with Gasteiger partial charge in [0, 0.05) is 12.6 Å². The van der Waals surface area contributed by atoms with Gasteiger partial charge >= 0.3 is 12.0 Å². The van der Waals surface area contributed by atoms with E-state index in [0.717, 1.165) is 6.42 Å². The number of urea groups is 1. The maximum Gasteiger partial charge on any atom is 0.328 e. The van der Waals surface area contributed by atoms with Gasteiger partial charge in [0.15, 0.2) is 0 Å². The third-order valence-electron chi connectivity index (χ3n) is 2.56. The normalized spacial score (nSPS) is 21.6. The van der Waals surface area contributed by atoms with Crippen molar-refractivity contribution >= 4 is 12.0 Å². The molecule has 0 aromatic rings. The maximum atomic E-state index is 11.8. The van der Waals surface area contributed by atoms with E-state index in [9.17, 15) is 9.59 Å². The first-order valence-electron chi connectivity index (χ1n) is 5.29. The molecule has 1 aliphatic rings. The fourth-order valence-corrected chi connectivity index (χ4v) is 1.91.